The number of aliphatic hydroxyl groups excluding tert-OH is 1. The van der Waals surface area contributed by atoms with Crippen molar-refractivity contribution >= 4 is 5.91 Å². The number of halogens is 3. The lowest BCUT2D eigenvalue weighted by Crippen LogP contribution is -2.38. The van der Waals surface area contributed by atoms with Gasteiger partial charge in [-0.2, -0.15) is 18.3 Å². The van der Waals surface area contributed by atoms with Crippen molar-refractivity contribution in [1.82, 2.24) is 14.7 Å². The number of nitrogens with zero attached hydrogens (tertiary/aromatic N) is 3. The first-order chi connectivity index (χ1) is 11.3. The molecule has 0 fully saturated rings. The maximum Gasteiger partial charge on any atom is 0.416 e. The maximum atomic E-state index is 12.8. The number of rotatable bonds is 2. The Morgan fingerprint density at radius 1 is 1.29 bits per heavy atom. The summed E-state index contributed by atoms with van der Waals surface area (Å²) in [5.74, 6) is -0.452. The molecule has 0 aliphatic carbocycles. The number of hydrogen-bond donors (Lipinski definition) is 1. The number of aliphatic hydroxyl groups is 1. The van der Waals surface area contributed by atoms with Crippen molar-refractivity contribution in [2.45, 2.75) is 32.3 Å². The number of fused-ring (bicyclic) bond motifs is 1. The standard InChI is InChI=1S/C16H16F3N3O2/c1-10(23)14-8-13-9-21(5-6-22(13)20-14)15(24)11-3-2-4-12(7-11)16(17,18)19/h2-4,7-8,10,23H,5-6,9H2,1H3. The van der Waals surface area contributed by atoms with Crippen LogP contribution in [0.4, 0.5) is 13.2 Å². The molecule has 5 nitrogen and oxygen atoms in total. The molecule has 1 aromatic carbocycles. The van der Waals surface area contributed by atoms with Gasteiger partial charge >= 0.3 is 6.18 Å². The third-order valence-corrected chi connectivity index (χ3v) is 3.97. The van der Waals surface area contributed by atoms with E-state index in [4.69, 9.17) is 0 Å². The zero-order valence-electron chi connectivity index (χ0n) is 12.9. The number of benzene rings is 1. The van der Waals surface area contributed by atoms with E-state index in [2.05, 4.69) is 5.10 Å². The minimum atomic E-state index is -4.48. The highest BCUT2D eigenvalue weighted by Gasteiger charge is 2.32. The van der Waals surface area contributed by atoms with Crippen LogP contribution in [0, 0.1) is 0 Å². The highest BCUT2D eigenvalue weighted by Crippen LogP contribution is 2.30. The molecule has 0 saturated heterocycles. The molecule has 1 atom stereocenters. The van der Waals surface area contributed by atoms with Gasteiger partial charge in [-0.1, -0.05) is 6.07 Å². The number of carbonyl (C=O) groups is 1. The molecule has 0 radical (unpaired) electrons. The van der Waals surface area contributed by atoms with E-state index in [1.54, 1.807) is 17.7 Å². The molecule has 24 heavy (non-hydrogen) atoms. The number of hydrogen-bond acceptors (Lipinski definition) is 3. The molecule has 1 N–H and O–H groups in total. The van der Waals surface area contributed by atoms with Gasteiger partial charge in [-0.15, -0.1) is 0 Å². The molecule has 8 heteroatoms. The molecule has 2 aromatic rings. The quantitative estimate of drug-likeness (QED) is 0.915. The summed E-state index contributed by atoms with van der Waals surface area (Å²) in [6.45, 7) is 2.63. The van der Waals surface area contributed by atoms with Crippen LogP contribution in [0.2, 0.25) is 0 Å². The fourth-order valence-corrected chi connectivity index (χ4v) is 2.68. The summed E-state index contributed by atoms with van der Waals surface area (Å²) < 4.78 is 40.1. The highest BCUT2D eigenvalue weighted by molar-refractivity contribution is 5.94. The van der Waals surface area contributed by atoms with Crippen LogP contribution in [0.5, 0.6) is 0 Å². The lowest BCUT2D eigenvalue weighted by molar-refractivity contribution is -0.137. The Morgan fingerprint density at radius 2 is 2.04 bits per heavy atom. The Balaban J connectivity index is 1.81. The zero-order valence-corrected chi connectivity index (χ0v) is 12.9. The topological polar surface area (TPSA) is 58.4 Å². The van der Waals surface area contributed by atoms with Crippen LogP contribution in [0.1, 0.15) is 40.3 Å². The number of alkyl halides is 3. The Morgan fingerprint density at radius 3 is 2.71 bits per heavy atom. The molecule has 3 rings (SSSR count). The van der Waals surface area contributed by atoms with Crippen molar-refractivity contribution < 1.29 is 23.1 Å². The van der Waals surface area contributed by atoms with Gasteiger partial charge < -0.3 is 10.0 Å². The molecule has 0 bridgehead atoms. The summed E-state index contributed by atoms with van der Waals surface area (Å²) in [4.78, 5) is 14.0. The average molecular weight is 339 g/mol. The number of amides is 1. The largest absolute Gasteiger partial charge is 0.416 e. The van der Waals surface area contributed by atoms with Gasteiger partial charge in [-0.05, 0) is 31.2 Å². The van der Waals surface area contributed by atoms with Gasteiger partial charge in [-0.25, -0.2) is 0 Å². The predicted octanol–water partition coefficient (Wildman–Crippen LogP) is 2.61. The molecule has 2 heterocycles. The van der Waals surface area contributed by atoms with Gasteiger partial charge in [0.05, 0.1) is 36.1 Å². The molecule has 0 spiro atoms. The second-order valence-corrected chi connectivity index (χ2v) is 5.76. The average Bonchev–Trinajstić information content (AvgIpc) is 2.97. The van der Waals surface area contributed by atoms with Gasteiger partial charge in [-0.3, -0.25) is 9.48 Å². The molecule has 1 amide bonds. The molecular formula is C16H16F3N3O2. The zero-order chi connectivity index (χ0) is 17.5. The van der Waals surface area contributed by atoms with Crippen LogP contribution in [0.25, 0.3) is 0 Å². The first kappa shape index (κ1) is 16.5. The van der Waals surface area contributed by atoms with Crippen molar-refractivity contribution in [3.8, 4) is 0 Å². The van der Waals surface area contributed by atoms with E-state index in [1.165, 1.54) is 17.0 Å². The van der Waals surface area contributed by atoms with Crippen LogP contribution < -0.4 is 0 Å². The van der Waals surface area contributed by atoms with E-state index in [0.717, 1.165) is 17.8 Å². The van der Waals surface area contributed by atoms with E-state index >= 15 is 0 Å². The Labute approximate surface area is 136 Å². The van der Waals surface area contributed by atoms with Gasteiger partial charge in [0, 0.05) is 12.1 Å². The molecule has 0 saturated carbocycles. The first-order valence-electron chi connectivity index (χ1n) is 7.47. The molecule has 1 unspecified atom stereocenters. The van der Waals surface area contributed by atoms with Crippen molar-refractivity contribution in [3.63, 3.8) is 0 Å². The van der Waals surface area contributed by atoms with Crippen LogP contribution in [0.3, 0.4) is 0 Å². The van der Waals surface area contributed by atoms with Crippen LogP contribution >= 0.6 is 0 Å². The Bertz CT molecular complexity index is 768. The minimum Gasteiger partial charge on any atom is -0.387 e. The second-order valence-electron chi connectivity index (χ2n) is 5.76. The predicted molar refractivity (Wildman–Crippen MR) is 79.0 cm³/mol. The van der Waals surface area contributed by atoms with Crippen LogP contribution in [0.15, 0.2) is 30.3 Å². The molecule has 1 aliphatic heterocycles. The number of carbonyl (C=O) groups excluding carboxylic acids is 1. The van der Waals surface area contributed by atoms with Crippen LogP contribution in [-0.2, 0) is 19.3 Å². The lowest BCUT2D eigenvalue weighted by atomic mass is 10.1. The Hall–Kier alpha value is -2.35. The third kappa shape index (κ3) is 3.14. The van der Waals surface area contributed by atoms with Gasteiger partial charge in [0.2, 0.25) is 0 Å². The minimum absolute atomic E-state index is 0.00791. The van der Waals surface area contributed by atoms with Crippen molar-refractivity contribution in [1.29, 1.82) is 0 Å². The smallest absolute Gasteiger partial charge is 0.387 e. The van der Waals surface area contributed by atoms with E-state index in [9.17, 15) is 23.1 Å². The van der Waals surface area contributed by atoms with E-state index in [0.29, 0.717) is 18.8 Å². The van der Waals surface area contributed by atoms with Crippen molar-refractivity contribution in [3.05, 3.63) is 52.8 Å². The van der Waals surface area contributed by atoms with Crippen molar-refractivity contribution in [2.75, 3.05) is 6.54 Å². The summed E-state index contributed by atoms with van der Waals surface area (Å²) in [5, 5.41) is 13.8. The first-order valence-corrected chi connectivity index (χ1v) is 7.47. The molecule has 1 aromatic heterocycles. The fraction of sp³-hybridized carbons (Fsp3) is 0.375. The molecule has 1 aliphatic rings. The van der Waals surface area contributed by atoms with Gasteiger partial charge in [0.25, 0.3) is 5.91 Å². The summed E-state index contributed by atoms with van der Waals surface area (Å²) in [5.41, 5.74) is 0.427. The third-order valence-electron chi connectivity index (χ3n) is 3.97. The SMILES string of the molecule is CC(O)c1cc2n(n1)CCN(C(=O)c1cccc(C(F)(F)F)c1)C2. The van der Waals surface area contributed by atoms with Crippen LogP contribution in [-0.4, -0.2) is 32.2 Å². The van der Waals surface area contributed by atoms with E-state index < -0.39 is 23.8 Å². The summed E-state index contributed by atoms with van der Waals surface area (Å²) in [6.07, 6.45) is -5.20. The second kappa shape index (κ2) is 5.94. The molecule has 128 valence electrons. The molecular weight excluding hydrogens is 323 g/mol. The van der Waals surface area contributed by atoms with E-state index in [1.807, 2.05) is 0 Å². The normalized spacial score (nSPS) is 16.0. The monoisotopic (exact) mass is 339 g/mol. The van der Waals surface area contributed by atoms with Crippen molar-refractivity contribution in [2.24, 2.45) is 0 Å². The fourth-order valence-electron chi connectivity index (χ4n) is 2.68. The summed E-state index contributed by atoms with van der Waals surface area (Å²) in [7, 11) is 0. The summed E-state index contributed by atoms with van der Waals surface area (Å²) >= 11 is 0. The highest BCUT2D eigenvalue weighted by atomic mass is 19.4. The maximum absolute atomic E-state index is 12.8. The van der Waals surface area contributed by atoms with Gasteiger partial charge in [0.15, 0.2) is 0 Å². The Kier molecular flexibility index (Phi) is 4.08. The van der Waals surface area contributed by atoms with Gasteiger partial charge in [0.1, 0.15) is 0 Å². The lowest BCUT2D eigenvalue weighted by Gasteiger charge is -2.28. The summed E-state index contributed by atoms with van der Waals surface area (Å²) in [6, 6.07) is 6.13. The number of aromatic nitrogens is 2. The van der Waals surface area contributed by atoms with E-state index in [-0.39, 0.29) is 12.1 Å².